The predicted molar refractivity (Wildman–Crippen MR) is 101 cm³/mol. The second-order valence-electron chi connectivity index (χ2n) is 6.06. The van der Waals surface area contributed by atoms with Crippen molar-refractivity contribution in [1.82, 2.24) is 9.97 Å². The van der Waals surface area contributed by atoms with Crippen LogP contribution in [0.3, 0.4) is 0 Å². The first-order valence-corrected chi connectivity index (χ1v) is 8.30. The first kappa shape index (κ1) is 17.5. The van der Waals surface area contributed by atoms with Crippen LogP contribution < -0.4 is 10.6 Å². The third-order valence-corrected chi connectivity index (χ3v) is 3.55. The van der Waals surface area contributed by atoms with Gasteiger partial charge in [-0.1, -0.05) is 42.5 Å². The Morgan fingerprint density at radius 3 is 2.38 bits per heavy atom. The number of hydrogen-bond acceptors (Lipinski definition) is 4. The molecule has 0 saturated heterocycles. The average molecular weight is 350 g/mol. The van der Waals surface area contributed by atoms with E-state index in [-0.39, 0.29) is 17.4 Å². The molecule has 5 nitrogen and oxygen atoms in total. The van der Waals surface area contributed by atoms with E-state index >= 15 is 0 Å². The minimum Gasteiger partial charge on any atom is -0.368 e. The van der Waals surface area contributed by atoms with Gasteiger partial charge in [-0.15, -0.1) is 0 Å². The highest BCUT2D eigenvalue weighted by molar-refractivity contribution is 6.03. The molecule has 6 heteroatoms. The standard InChI is InChI=1S/C20H19FN4O/c1-13(2)22-18-12-17(20(26)24-16-11-7-6-10-15(16)21)23-19(25-18)14-8-4-3-5-9-14/h3-13H,1-2H3,(H,24,26)(H,22,23,25). The van der Waals surface area contributed by atoms with Crippen molar-refractivity contribution in [3.8, 4) is 11.4 Å². The Bertz CT molecular complexity index is 913. The van der Waals surface area contributed by atoms with E-state index in [1.54, 1.807) is 18.2 Å². The molecule has 0 atom stereocenters. The highest BCUT2D eigenvalue weighted by Gasteiger charge is 2.15. The Hall–Kier alpha value is -3.28. The molecular weight excluding hydrogens is 331 g/mol. The normalized spacial score (nSPS) is 10.6. The van der Waals surface area contributed by atoms with Crippen LogP contribution in [0, 0.1) is 5.82 Å². The molecule has 2 N–H and O–H groups in total. The summed E-state index contributed by atoms with van der Waals surface area (Å²) in [6, 6.07) is 17.1. The van der Waals surface area contributed by atoms with Crippen LogP contribution in [0.4, 0.5) is 15.9 Å². The lowest BCUT2D eigenvalue weighted by Crippen LogP contribution is -2.18. The molecule has 0 fully saturated rings. The summed E-state index contributed by atoms with van der Waals surface area (Å²) in [5.41, 5.74) is 1.06. The lowest BCUT2D eigenvalue weighted by atomic mass is 10.2. The fourth-order valence-corrected chi connectivity index (χ4v) is 2.40. The summed E-state index contributed by atoms with van der Waals surface area (Å²) in [7, 11) is 0. The van der Waals surface area contributed by atoms with Crippen molar-refractivity contribution in [1.29, 1.82) is 0 Å². The Balaban J connectivity index is 1.97. The van der Waals surface area contributed by atoms with Crippen LogP contribution >= 0.6 is 0 Å². The van der Waals surface area contributed by atoms with Crippen molar-refractivity contribution in [3.63, 3.8) is 0 Å². The van der Waals surface area contributed by atoms with E-state index in [0.29, 0.717) is 11.6 Å². The maximum Gasteiger partial charge on any atom is 0.274 e. The van der Waals surface area contributed by atoms with E-state index in [1.165, 1.54) is 12.1 Å². The van der Waals surface area contributed by atoms with Gasteiger partial charge in [0, 0.05) is 17.7 Å². The summed E-state index contributed by atoms with van der Waals surface area (Å²) in [5, 5.41) is 5.73. The third kappa shape index (κ3) is 4.22. The number of nitrogens with one attached hydrogen (secondary N) is 2. The molecule has 1 amide bonds. The molecule has 0 aliphatic rings. The fraction of sp³-hybridized carbons (Fsp3) is 0.150. The topological polar surface area (TPSA) is 66.9 Å². The molecule has 0 unspecified atom stereocenters. The van der Waals surface area contributed by atoms with Gasteiger partial charge in [0.25, 0.3) is 5.91 Å². The van der Waals surface area contributed by atoms with Crippen molar-refractivity contribution in [2.45, 2.75) is 19.9 Å². The number of carbonyl (C=O) groups excluding carboxylic acids is 1. The van der Waals surface area contributed by atoms with Gasteiger partial charge in [-0.25, -0.2) is 14.4 Å². The Labute approximate surface area is 151 Å². The van der Waals surface area contributed by atoms with Gasteiger partial charge in [0.05, 0.1) is 5.69 Å². The highest BCUT2D eigenvalue weighted by Crippen LogP contribution is 2.20. The number of amides is 1. The average Bonchev–Trinajstić information content (AvgIpc) is 2.63. The first-order valence-electron chi connectivity index (χ1n) is 8.30. The minimum absolute atomic E-state index is 0.107. The number of nitrogens with zero attached hydrogens (tertiary/aromatic N) is 2. The van der Waals surface area contributed by atoms with Crippen LogP contribution in [0.2, 0.25) is 0 Å². The van der Waals surface area contributed by atoms with Crippen molar-refractivity contribution in [2.75, 3.05) is 10.6 Å². The molecule has 1 heterocycles. The summed E-state index contributed by atoms with van der Waals surface area (Å²) in [6.07, 6.45) is 0. The molecule has 0 spiro atoms. The number of para-hydroxylation sites is 1. The predicted octanol–water partition coefficient (Wildman–Crippen LogP) is 4.36. The summed E-state index contributed by atoms with van der Waals surface area (Å²) in [6.45, 7) is 3.95. The largest absolute Gasteiger partial charge is 0.368 e. The number of aromatic nitrogens is 2. The molecule has 132 valence electrons. The van der Waals surface area contributed by atoms with E-state index in [4.69, 9.17) is 0 Å². The van der Waals surface area contributed by atoms with Crippen molar-refractivity contribution < 1.29 is 9.18 Å². The minimum atomic E-state index is -0.501. The molecule has 0 radical (unpaired) electrons. The smallest absolute Gasteiger partial charge is 0.274 e. The Morgan fingerprint density at radius 1 is 1.00 bits per heavy atom. The van der Waals surface area contributed by atoms with E-state index in [0.717, 1.165) is 5.56 Å². The molecule has 0 aliphatic heterocycles. The molecule has 0 bridgehead atoms. The second kappa shape index (κ2) is 7.74. The van der Waals surface area contributed by atoms with Crippen LogP contribution in [-0.2, 0) is 0 Å². The summed E-state index contributed by atoms with van der Waals surface area (Å²) < 4.78 is 13.8. The molecule has 2 aromatic carbocycles. The van der Waals surface area contributed by atoms with E-state index < -0.39 is 11.7 Å². The summed E-state index contributed by atoms with van der Waals surface area (Å²) >= 11 is 0. The van der Waals surface area contributed by atoms with Crippen molar-refractivity contribution >= 4 is 17.4 Å². The van der Waals surface area contributed by atoms with Gasteiger partial charge in [0.15, 0.2) is 5.82 Å². The Morgan fingerprint density at radius 2 is 1.69 bits per heavy atom. The summed E-state index contributed by atoms with van der Waals surface area (Å²) in [5.74, 6) is -0.0392. The van der Waals surface area contributed by atoms with Gasteiger partial charge in [0.2, 0.25) is 0 Å². The van der Waals surface area contributed by atoms with Crippen LogP contribution in [0.5, 0.6) is 0 Å². The second-order valence-corrected chi connectivity index (χ2v) is 6.06. The van der Waals surface area contributed by atoms with E-state index in [1.807, 2.05) is 44.2 Å². The zero-order chi connectivity index (χ0) is 18.5. The lowest BCUT2D eigenvalue weighted by molar-refractivity contribution is 0.102. The number of anilines is 2. The van der Waals surface area contributed by atoms with Gasteiger partial charge >= 0.3 is 0 Å². The third-order valence-electron chi connectivity index (χ3n) is 3.55. The fourth-order valence-electron chi connectivity index (χ4n) is 2.40. The van der Waals surface area contributed by atoms with Crippen molar-refractivity contribution in [3.05, 3.63) is 72.2 Å². The molecule has 1 aromatic heterocycles. The van der Waals surface area contributed by atoms with Gasteiger partial charge in [-0.3, -0.25) is 4.79 Å². The number of carbonyl (C=O) groups is 1. The molecule has 26 heavy (non-hydrogen) atoms. The van der Waals surface area contributed by atoms with Crippen LogP contribution in [-0.4, -0.2) is 21.9 Å². The number of halogens is 1. The zero-order valence-electron chi connectivity index (χ0n) is 14.5. The maximum absolute atomic E-state index is 13.8. The SMILES string of the molecule is CC(C)Nc1cc(C(=O)Nc2ccccc2F)nc(-c2ccccc2)n1. The first-order chi connectivity index (χ1) is 12.5. The van der Waals surface area contributed by atoms with Gasteiger partial charge in [-0.2, -0.15) is 0 Å². The molecule has 3 aromatic rings. The molecule has 0 saturated carbocycles. The van der Waals surface area contributed by atoms with Crippen LogP contribution in [0.1, 0.15) is 24.3 Å². The number of rotatable bonds is 5. The monoisotopic (exact) mass is 350 g/mol. The maximum atomic E-state index is 13.8. The van der Waals surface area contributed by atoms with Crippen molar-refractivity contribution in [2.24, 2.45) is 0 Å². The summed E-state index contributed by atoms with van der Waals surface area (Å²) in [4.78, 5) is 21.4. The van der Waals surface area contributed by atoms with E-state index in [9.17, 15) is 9.18 Å². The van der Waals surface area contributed by atoms with Gasteiger partial charge < -0.3 is 10.6 Å². The lowest BCUT2D eigenvalue weighted by Gasteiger charge is -2.12. The number of hydrogen-bond donors (Lipinski definition) is 2. The van der Waals surface area contributed by atoms with Gasteiger partial charge in [-0.05, 0) is 26.0 Å². The Kier molecular flexibility index (Phi) is 5.22. The quantitative estimate of drug-likeness (QED) is 0.718. The molecule has 0 aliphatic carbocycles. The molecule has 3 rings (SSSR count). The van der Waals surface area contributed by atoms with E-state index in [2.05, 4.69) is 20.6 Å². The van der Waals surface area contributed by atoms with Crippen LogP contribution in [0.25, 0.3) is 11.4 Å². The van der Waals surface area contributed by atoms with Gasteiger partial charge in [0.1, 0.15) is 17.3 Å². The van der Waals surface area contributed by atoms with Crippen LogP contribution in [0.15, 0.2) is 60.7 Å². The number of benzene rings is 2. The highest BCUT2D eigenvalue weighted by atomic mass is 19.1. The molecular formula is C20H19FN4O. The zero-order valence-corrected chi connectivity index (χ0v) is 14.5.